The second kappa shape index (κ2) is 6.77. The molecule has 1 heterocycles. The third-order valence-corrected chi connectivity index (χ3v) is 5.86. The summed E-state index contributed by atoms with van der Waals surface area (Å²) in [5, 5.41) is 10.2. The molecule has 6 heteroatoms. The van der Waals surface area contributed by atoms with Gasteiger partial charge in [0.05, 0.1) is 22.7 Å². The van der Waals surface area contributed by atoms with Crippen molar-refractivity contribution < 1.29 is 14.7 Å². The van der Waals surface area contributed by atoms with Crippen molar-refractivity contribution in [1.29, 1.82) is 0 Å². The molecular formula is C16H24N2O3S. The molecule has 2 rings (SSSR count). The number of hydrogen-bond acceptors (Lipinski definition) is 4. The van der Waals surface area contributed by atoms with Gasteiger partial charge in [0.15, 0.2) is 0 Å². The molecule has 0 saturated heterocycles. The highest BCUT2D eigenvalue weighted by Gasteiger charge is 2.34. The molecule has 3 unspecified atom stereocenters. The number of thiazole rings is 1. The second-order valence-electron chi connectivity index (χ2n) is 6.21. The van der Waals surface area contributed by atoms with Crippen molar-refractivity contribution in [3.63, 3.8) is 0 Å². The molecule has 1 fully saturated rings. The normalized spacial score (nSPS) is 23.1. The van der Waals surface area contributed by atoms with Gasteiger partial charge in [0, 0.05) is 17.8 Å². The number of aryl methyl sites for hydroxylation is 2. The van der Waals surface area contributed by atoms with Gasteiger partial charge in [0.25, 0.3) is 0 Å². The van der Waals surface area contributed by atoms with Crippen molar-refractivity contribution in [3.05, 3.63) is 15.6 Å². The molecule has 3 atom stereocenters. The number of carboxylic acids is 1. The van der Waals surface area contributed by atoms with Gasteiger partial charge in [-0.05, 0) is 40.0 Å². The maximum Gasteiger partial charge on any atom is 0.306 e. The number of carbonyl (C=O) groups is 2. The number of rotatable bonds is 4. The summed E-state index contributed by atoms with van der Waals surface area (Å²) in [6.45, 7) is 5.94. The average Bonchev–Trinajstić information content (AvgIpc) is 2.83. The van der Waals surface area contributed by atoms with Crippen LogP contribution < -0.4 is 0 Å². The van der Waals surface area contributed by atoms with Crippen molar-refractivity contribution in [2.45, 2.75) is 52.5 Å². The fourth-order valence-electron chi connectivity index (χ4n) is 3.23. The van der Waals surface area contributed by atoms with Crippen LogP contribution in [0, 0.1) is 25.7 Å². The van der Waals surface area contributed by atoms with Crippen molar-refractivity contribution in [1.82, 2.24) is 9.88 Å². The zero-order valence-corrected chi connectivity index (χ0v) is 14.4. The lowest BCUT2D eigenvalue weighted by Gasteiger charge is -2.32. The van der Waals surface area contributed by atoms with E-state index in [1.807, 2.05) is 27.8 Å². The topological polar surface area (TPSA) is 70.5 Å². The molecule has 0 radical (unpaired) electrons. The Hall–Kier alpha value is -1.43. The summed E-state index contributed by atoms with van der Waals surface area (Å²) in [5.41, 5.74) is 0.974. The van der Waals surface area contributed by atoms with Crippen LogP contribution in [-0.2, 0) is 9.59 Å². The van der Waals surface area contributed by atoms with Crippen molar-refractivity contribution in [3.8, 4) is 0 Å². The second-order valence-corrected chi connectivity index (χ2v) is 7.44. The summed E-state index contributed by atoms with van der Waals surface area (Å²) in [6.07, 6.45) is 2.76. The number of carboxylic acid groups (broad SMARTS) is 1. The molecule has 1 saturated carbocycles. The summed E-state index contributed by atoms with van der Waals surface area (Å²) < 4.78 is 0. The molecular weight excluding hydrogens is 300 g/mol. The molecule has 1 N–H and O–H groups in total. The van der Waals surface area contributed by atoms with E-state index in [1.54, 1.807) is 16.2 Å². The van der Waals surface area contributed by atoms with Crippen LogP contribution in [0.3, 0.4) is 0 Å². The first-order valence-electron chi connectivity index (χ1n) is 7.74. The van der Waals surface area contributed by atoms with E-state index in [2.05, 4.69) is 4.98 Å². The molecule has 1 aliphatic rings. The first-order valence-corrected chi connectivity index (χ1v) is 8.56. The van der Waals surface area contributed by atoms with Gasteiger partial charge in [0.2, 0.25) is 5.91 Å². The third-order valence-electron chi connectivity index (χ3n) is 4.62. The Morgan fingerprint density at radius 2 is 1.95 bits per heavy atom. The number of carbonyl (C=O) groups excluding carboxylic acids is 1. The van der Waals surface area contributed by atoms with Gasteiger partial charge in [-0.1, -0.05) is 6.42 Å². The summed E-state index contributed by atoms with van der Waals surface area (Å²) >= 11 is 1.62. The van der Waals surface area contributed by atoms with E-state index >= 15 is 0 Å². The molecule has 22 heavy (non-hydrogen) atoms. The van der Waals surface area contributed by atoms with Crippen LogP contribution in [0.4, 0.5) is 0 Å². The zero-order valence-electron chi connectivity index (χ0n) is 13.6. The van der Waals surface area contributed by atoms with E-state index in [0.29, 0.717) is 12.8 Å². The van der Waals surface area contributed by atoms with E-state index in [9.17, 15) is 14.7 Å². The lowest BCUT2D eigenvalue weighted by Crippen LogP contribution is -2.38. The van der Waals surface area contributed by atoms with E-state index in [-0.39, 0.29) is 23.8 Å². The van der Waals surface area contributed by atoms with Crippen LogP contribution >= 0.6 is 11.3 Å². The number of hydrogen-bond donors (Lipinski definition) is 1. The molecule has 0 aromatic carbocycles. The molecule has 0 aliphatic heterocycles. The highest BCUT2D eigenvalue weighted by Crippen LogP contribution is 2.34. The van der Waals surface area contributed by atoms with E-state index in [0.717, 1.165) is 28.4 Å². The largest absolute Gasteiger partial charge is 0.481 e. The minimum Gasteiger partial charge on any atom is -0.481 e. The summed E-state index contributed by atoms with van der Waals surface area (Å²) in [6, 6.07) is -0.0242. The van der Waals surface area contributed by atoms with Crippen LogP contribution in [0.25, 0.3) is 0 Å². The minimum absolute atomic E-state index is 0.0242. The predicted octanol–water partition coefficient (Wildman–Crippen LogP) is 3.17. The van der Waals surface area contributed by atoms with Crippen LogP contribution in [0.5, 0.6) is 0 Å². The Labute approximate surface area is 135 Å². The van der Waals surface area contributed by atoms with Gasteiger partial charge >= 0.3 is 5.97 Å². The van der Waals surface area contributed by atoms with Crippen LogP contribution in [0.1, 0.15) is 54.2 Å². The zero-order chi connectivity index (χ0) is 16.4. The van der Waals surface area contributed by atoms with E-state index in [4.69, 9.17) is 0 Å². The number of amides is 1. The Kier molecular flexibility index (Phi) is 5.21. The van der Waals surface area contributed by atoms with Gasteiger partial charge in [-0.25, -0.2) is 4.98 Å². The summed E-state index contributed by atoms with van der Waals surface area (Å²) in [4.78, 5) is 31.2. The Morgan fingerprint density at radius 1 is 1.32 bits per heavy atom. The fraction of sp³-hybridized carbons (Fsp3) is 0.688. The lowest BCUT2D eigenvalue weighted by molar-refractivity contribution is -0.145. The standard InChI is InChI=1S/C16H24N2O3S/c1-9-14(22-11(3)17-9)10(2)18(4)15(19)12-6-5-7-13(8-12)16(20)21/h10,12-13H,5-8H2,1-4H3,(H,20,21). The Balaban J connectivity index is 2.08. The SMILES string of the molecule is Cc1nc(C)c(C(C)N(C)C(=O)C2CCCC(C(=O)O)C2)s1. The van der Waals surface area contributed by atoms with Crippen molar-refractivity contribution in [2.24, 2.45) is 11.8 Å². The quantitative estimate of drug-likeness (QED) is 0.923. The number of aliphatic carboxylic acids is 1. The monoisotopic (exact) mass is 324 g/mol. The first-order chi connectivity index (χ1) is 10.3. The summed E-state index contributed by atoms with van der Waals surface area (Å²) in [5.74, 6) is -1.26. The van der Waals surface area contributed by atoms with Crippen molar-refractivity contribution >= 4 is 23.2 Å². The van der Waals surface area contributed by atoms with Crippen molar-refractivity contribution in [2.75, 3.05) is 7.05 Å². The molecule has 5 nitrogen and oxygen atoms in total. The van der Waals surface area contributed by atoms with Gasteiger partial charge in [-0.15, -0.1) is 11.3 Å². The van der Waals surface area contributed by atoms with Crippen LogP contribution in [0.15, 0.2) is 0 Å². The smallest absolute Gasteiger partial charge is 0.306 e. The molecule has 1 amide bonds. The molecule has 0 spiro atoms. The molecule has 1 aromatic rings. The first kappa shape index (κ1) is 16.9. The highest BCUT2D eigenvalue weighted by atomic mass is 32.1. The van der Waals surface area contributed by atoms with E-state index < -0.39 is 5.97 Å². The minimum atomic E-state index is -0.776. The molecule has 0 bridgehead atoms. The van der Waals surface area contributed by atoms with Gasteiger partial charge in [-0.3, -0.25) is 9.59 Å². The Morgan fingerprint density at radius 3 is 2.50 bits per heavy atom. The number of aromatic nitrogens is 1. The molecule has 1 aromatic heterocycles. The van der Waals surface area contributed by atoms with Gasteiger partial charge in [-0.2, -0.15) is 0 Å². The number of nitrogens with zero attached hydrogens (tertiary/aromatic N) is 2. The maximum absolute atomic E-state index is 12.7. The summed E-state index contributed by atoms with van der Waals surface area (Å²) in [7, 11) is 1.81. The fourth-order valence-corrected chi connectivity index (χ4v) is 4.25. The average molecular weight is 324 g/mol. The molecule has 122 valence electrons. The maximum atomic E-state index is 12.7. The van der Waals surface area contributed by atoms with E-state index in [1.165, 1.54) is 0 Å². The Bertz CT molecular complexity index is 570. The van der Waals surface area contributed by atoms with Gasteiger partial charge in [0.1, 0.15) is 0 Å². The lowest BCUT2D eigenvalue weighted by atomic mass is 9.80. The van der Waals surface area contributed by atoms with Crippen LogP contribution in [0.2, 0.25) is 0 Å². The van der Waals surface area contributed by atoms with Crippen LogP contribution in [-0.4, -0.2) is 33.9 Å². The predicted molar refractivity (Wildman–Crippen MR) is 85.9 cm³/mol. The third kappa shape index (κ3) is 3.48. The van der Waals surface area contributed by atoms with Gasteiger partial charge < -0.3 is 10.0 Å². The highest BCUT2D eigenvalue weighted by molar-refractivity contribution is 7.11. The molecule has 1 aliphatic carbocycles.